The number of benzene rings is 13. The number of hydrogen-bond donors (Lipinski definition) is 0. The first kappa shape index (κ1) is 47.4. The summed E-state index contributed by atoms with van der Waals surface area (Å²) in [7, 11) is 0. The molecule has 0 aromatic heterocycles. The summed E-state index contributed by atoms with van der Waals surface area (Å²) in [5.41, 5.74) is 26.7. The molecule has 0 bridgehead atoms. The summed E-state index contributed by atoms with van der Waals surface area (Å²) in [5.74, 6) is 1.76. The number of fused-ring (bicyclic) bond motifs is 21. The van der Waals surface area contributed by atoms with Gasteiger partial charge in [-0.3, -0.25) is 0 Å². The third-order valence-electron chi connectivity index (χ3n) is 19.1. The van der Waals surface area contributed by atoms with Gasteiger partial charge in [0.15, 0.2) is 0 Å². The standard InChI is InChI=1S/C81H51NOS/c1-3-23-53(24-4-1)79(54-25-5-2-6-26-54)63-32-11-8-28-59(63)77-57(30-21-38-70(77)79)52-45-47-55(48-46-52)82(56-49-50-65-61(51-56)58-27-7-10-31-62(58)80(65)68-36-15-19-43-75(68)84-76-44-20-16-37-69(76)80)72-40-22-39-71-78(72)60-29-9-12-33-64(60)81(71)66-34-13-17-41-73(66)83-74-42-18-14-35-67(74)81/h1-51H. The highest BCUT2D eigenvalue weighted by atomic mass is 32.2. The van der Waals surface area contributed by atoms with Crippen LogP contribution in [0.3, 0.4) is 0 Å². The van der Waals surface area contributed by atoms with Crippen LogP contribution in [0.5, 0.6) is 11.5 Å². The molecule has 3 heteroatoms. The van der Waals surface area contributed by atoms with Gasteiger partial charge in [-0.05, 0) is 149 Å². The molecule has 2 spiro atoms. The molecule has 2 aliphatic heterocycles. The van der Waals surface area contributed by atoms with Crippen molar-refractivity contribution < 1.29 is 4.74 Å². The lowest BCUT2D eigenvalue weighted by Crippen LogP contribution is -2.32. The van der Waals surface area contributed by atoms with Gasteiger partial charge in [0.25, 0.3) is 0 Å². The van der Waals surface area contributed by atoms with E-state index in [-0.39, 0.29) is 0 Å². The minimum atomic E-state index is -0.634. The second-order valence-electron chi connectivity index (χ2n) is 22.8. The Bertz CT molecular complexity index is 4740. The molecule has 392 valence electrons. The summed E-state index contributed by atoms with van der Waals surface area (Å²) >= 11 is 1.89. The van der Waals surface area contributed by atoms with Gasteiger partial charge in [-0.1, -0.05) is 267 Å². The smallest absolute Gasteiger partial charge is 0.132 e. The average molecular weight is 1090 g/mol. The Labute approximate surface area is 493 Å². The minimum absolute atomic E-state index is 0.494. The molecule has 5 aliphatic rings. The largest absolute Gasteiger partial charge is 0.457 e. The molecule has 0 saturated heterocycles. The van der Waals surface area contributed by atoms with Crippen molar-refractivity contribution in [3.63, 3.8) is 0 Å². The molecule has 18 rings (SSSR count). The fourth-order valence-electron chi connectivity index (χ4n) is 16.0. The van der Waals surface area contributed by atoms with E-state index in [9.17, 15) is 0 Å². The lowest BCUT2D eigenvalue weighted by Gasteiger charge is -2.40. The normalized spacial score (nSPS) is 14.8. The van der Waals surface area contributed by atoms with Crippen LogP contribution < -0.4 is 9.64 Å². The number of anilines is 3. The third-order valence-corrected chi connectivity index (χ3v) is 20.2. The maximum Gasteiger partial charge on any atom is 0.132 e. The van der Waals surface area contributed by atoms with Gasteiger partial charge in [0.1, 0.15) is 11.5 Å². The molecule has 0 unspecified atom stereocenters. The Hall–Kier alpha value is -10.2. The second kappa shape index (κ2) is 17.9. The second-order valence-corrected chi connectivity index (χ2v) is 23.9. The van der Waals surface area contributed by atoms with Crippen LogP contribution in [0.1, 0.15) is 66.8 Å². The molecule has 0 N–H and O–H groups in total. The number of hydrogen-bond acceptors (Lipinski definition) is 3. The molecule has 0 fully saturated rings. The van der Waals surface area contributed by atoms with Crippen molar-refractivity contribution in [2.24, 2.45) is 0 Å². The van der Waals surface area contributed by atoms with Crippen LogP contribution in [0, 0.1) is 0 Å². The van der Waals surface area contributed by atoms with E-state index in [1.54, 1.807) is 0 Å². The van der Waals surface area contributed by atoms with Crippen LogP contribution in [-0.4, -0.2) is 0 Å². The topological polar surface area (TPSA) is 12.5 Å². The van der Waals surface area contributed by atoms with E-state index in [2.05, 4.69) is 314 Å². The molecule has 2 nitrogen and oxygen atoms in total. The lowest BCUT2D eigenvalue weighted by molar-refractivity contribution is 0.436. The fourth-order valence-corrected chi connectivity index (χ4v) is 17.2. The molecule has 0 amide bonds. The summed E-state index contributed by atoms with van der Waals surface area (Å²) in [6.07, 6.45) is 0. The Balaban J connectivity index is 0.879. The highest BCUT2D eigenvalue weighted by Crippen LogP contribution is 2.66. The summed E-state index contributed by atoms with van der Waals surface area (Å²) in [6.45, 7) is 0. The molecular formula is C81H51NOS. The fraction of sp³-hybridized carbons (Fsp3) is 0.0370. The monoisotopic (exact) mass is 1090 g/mol. The maximum absolute atomic E-state index is 6.81. The molecule has 3 aliphatic carbocycles. The van der Waals surface area contributed by atoms with E-state index in [0.717, 1.165) is 45.3 Å². The predicted molar refractivity (Wildman–Crippen MR) is 343 cm³/mol. The van der Waals surface area contributed by atoms with Crippen LogP contribution in [0.2, 0.25) is 0 Å². The SMILES string of the molecule is c1ccc(C2(c3ccccc3)c3ccccc3-c3c(-c4ccc(N(c5ccc6c(c5)-c5ccccc5C65c6ccccc6Sc6ccccc65)c5cccc6c5-c5ccccc5C65c6ccccc6Oc6ccccc65)cc4)cccc32)cc1. The zero-order valence-corrected chi connectivity index (χ0v) is 46.5. The molecule has 0 saturated carbocycles. The van der Waals surface area contributed by atoms with Crippen LogP contribution in [0.25, 0.3) is 44.5 Å². The first-order valence-electron chi connectivity index (χ1n) is 29.1. The molecule has 84 heavy (non-hydrogen) atoms. The molecule has 13 aromatic carbocycles. The number of rotatable bonds is 6. The highest BCUT2D eigenvalue weighted by Gasteiger charge is 2.54. The van der Waals surface area contributed by atoms with Crippen LogP contribution in [-0.2, 0) is 16.2 Å². The Morgan fingerprint density at radius 1 is 0.262 bits per heavy atom. The van der Waals surface area contributed by atoms with Crippen molar-refractivity contribution in [3.8, 4) is 56.0 Å². The van der Waals surface area contributed by atoms with E-state index >= 15 is 0 Å². The predicted octanol–water partition coefficient (Wildman–Crippen LogP) is 20.5. The molecular weight excluding hydrogens is 1030 g/mol. The van der Waals surface area contributed by atoms with Crippen molar-refractivity contribution in [1.82, 2.24) is 0 Å². The maximum atomic E-state index is 6.81. The van der Waals surface area contributed by atoms with Crippen molar-refractivity contribution in [1.29, 1.82) is 0 Å². The molecule has 0 atom stereocenters. The van der Waals surface area contributed by atoms with Gasteiger partial charge in [-0.25, -0.2) is 0 Å². The van der Waals surface area contributed by atoms with Gasteiger partial charge in [0.2, 0.25) is 0 Å². The molecule has 13 aromatic rings. The summed E-state index contributed by atoms with van der Waals surface area (Å²) in [6, 6.07) is 116. The number of ether oxygens (including phenoxy) is 1. The van der Waals surface area contributed by atoms with Gasteiger partial charge in [-0.2, -0.15) is 0 Å². The third kappa shape index (κ3) is 6.16. The number of nitrogens with zero attached hydrogens (tertiary/aromatic N) is 1. The van der Waals surface area contributed by atoms with E-state index in [0.29, 0.717) is 0 Å². The summed E-state index contributed by atoms with van der Waals surface area (Å²) in [5, 5.41) is 0. The first-order chi connectivity index (χ1) is 41.7. The average Bonchev–Trinajstić information content (AvgIpc) is 1.72. The molecule has 0 radical (unpaired) electrons. The van der Waals surface area contributed by atoms with Crippen LogP contribution in [0.4, 0.5) is 17.1 Å². The van der Waals surface area contributed by atoms with Gasteiger partial charge < -0.3 is 9.64 Å². The van der Waals surface area contributed by atoms with Gasteiger partial charge in [0.05, 0.1) is 21.9 Å². The quantitative estimate of drug-likeness (QED) is 0.165. The Morgan fingerprint density at radius 2 is 0.679 bits per heavy atom. The molecule has 2 heterocycles. The Kier molecular flexibility index (Phi) is 10.1. The highest BCUT2D eigenvalue weighted by molar-refractivity contribution is 7.99. The lowest BCUT2D eigenvalue weighted by atomic mass is 9.66. The Morgan fingerprint density at radius 3 is 1.30 bits per heavy atom. The van der Waals surface area contributed by atoms with Crippen molar-refractivity contribution in [3.05, 3.63) is 376 Å². The summed E-state index contributed by atoms with van der Waals surface area (Å²) in [4.78, 5) is 5.14. The van der Waals surface area contributed by atoms with Crippen molar-refractivity contribution in [2.75, 3.05) is 4.90 Å². The van der Waals surface area contributed by atoms with E-state index in [4.69, 9.17) is 4.74 Å². The zero-order chi connectivity index (χ0) is 55.1. The summed E-state index contributed by atoms with van der Waals surface area (Å²) < 4.78 is 6.81. The van der Waals surface area contributed by atoms with Crippen molar-refractivity contribution in [2.45, 2.75) is 26.0 Å². The van der Waals surface area contributed by atoms with E-state index in [1.807, 2.05) is 11.8 Å². The van der Waals surface area contributed by atoms with Crippen molar-refractivity contribution >= 4 is 28.8 Å². The zero-order valence-electron chi connectivity index (χ0n) is 45.7. The van der Waals surface area contributed by atoms with Gasteiger partial charge >= 0.3 is 0 Å². The number of para-hydroxylation sites is 2. The van der Waals surface area contributed by atoms with E-state index < -0.39 is 16.2 Å². The van der Waals surface area contributed by atoms with Crippen LogP contribution >= 0.6 is 11.8 Å². The van der Waals surface area contributed by atoms with Crippen LogP contribution in [0.15, 0.2) is 319 Å². The minimum Gasteiger partial charge on any atom is -0.457 e. The van der Waals surface area contributed by atoms with Gasteiger partial charge in [0, 0.05) is 37.9 Å². The van der Waals surface area contributed by atoms with Gasteiger partial charge in [-0.15, -0.1) is 0 Å². The van der Waals surface area contributed by atoms with E-state index in [1.165, 1.54) is 104 Å². The first-order valence-corrected chi connectivity index (χ1v) is 30.0.